The van der Waals surface area contributed by atoms with Gasteiger partial charge in [-0.15, -0.1) is 0 Å². The number of anilines is 1. The second-order valence-corrected chi connectivity index (χ2v) is 6.82. The fourth-order valence-corrected chi connectivity index (χ4v) is 3.27. The molecule has 1 heterocycles. The molecule has 1 aromatic heterocycles. The first kappa shape index (κ1) is 20.6. The third kappa shape index (κ3) is 5.00. The lowest BCUT2D eigenvalue weighted by molar-refractivity contribution is -0.575. The Labute approximate surface area is 177 Å². The van der Waals surface area contributed by atoms with Gasteiger partial charge in [0.2, 0.25) is 0 Å². The molecule has 2 N–H and O–H groups in total. The fourth-order valence-electron chi connectivity index (χ4n) is 2.96. The Morgan fingerprint density at radius 1 is 0.966 bits per heavy atom. The maximum absolute atomic E-state index is 11.1. The topological polar surface area (TPSA) is 45.4 Å². The Morgan fingerprint density at radius 3 is 2.31 bits per heavy atom. The fraction of sp³-hybridized carbons (Fsp3) is 0.167. The summed E-state index contributed by atoms with van der Waals surface area (Å²) in [7, 11) is 0. The second kappa shape index (κ2) is 9.85. The van der Waals surface area contributed by atoms with Crippen molar-refractivity contribution >= 4 is 34.3 Å². The molecule has 0 aliphatic rings. The molecule has 0 bridgehead atoms. The number of thiocarbonyl (C=S) groups is 1. The Bertz CT molecular complexity index is 999. The lowest BCUT2D eigenvalue weighted by Crippen LogP contribution is -2.38. The van der Waals surface area contributed by atoms with Gasteiger partial charge in [0.05, 0.1) is 12.3 Å². The molecule has 29 heavy (non-hydrogen) atoms. The van der Waals surface area contributed by atoms with Crippen LogP contribution in [0.4, 0.5) is 5.69 Å². The van der Waals surface area contributed by atoms with Gasteiger partial charge in [0.15, 0.2) is 23.1 Å². The highest BCUT2D eigenvalue weighted by Gasteiger charge is 2.24. The minimum absolute atomic E-state index is 0.107. The zero-order chi connectivity index (χ0) is 20.6. The summed E-state index contributed by atoms with van der Waals surface area (Å²) in [5.74, 6) is 0.816. The molecule has 3 rings (SSSR count). The zero-order valence-electron chi connectivity index (χ0n) is 16.6. The normalized spacial score (nSPS) is 11.5. The molecule has 0 aliphatic carbocycles. The summed E-state index contributed by atoms with van der Waals surface area (Å²) >= 11 is 5.70. The molecule has 0 spiro atoms. The SMILES string of the molecule is CCOc1ccccc1NC(=S)C(=C(O)c1ccc(CC)cc1)[n+]1ccccc1. The summed E-state index contributed by atoms with van der Waals surface area (Å²) in [6.45, 7) is 4.59. The van der Waals surface area contributed by atoms with E-state index < -0.39 is 0 Å². The van der Waals surface area contributed by atoms with E-state index in [1.165, 1.54) is 5.56 Å². The number of nitrogens with zero attached hydrogens (tertiary/aromatic N) is 1. The summed E-state index contributed by atoms with van der Waals surface area (Å²) in [5, 5.41) is 14.4. The highest BCUT2D eigenvalue weighted by molar-refractivity contribution is 7.81. The summed E-state index contributed by atoms with van der Waals surface area (Å²) in [4.78, 5) is 0.394. The molecule has 4 nitrogen and oxygen atoms in total. The van der Waals surface area contributed by atoms with Crippen LogP contribution >= 0.6 is 12.2 Å². The van der Waals surface area contributed by atoms with Crippen molar-refractivity contribution in [3.63, 3.8) is 0 Å². The summed E-state index contributed by atoms with van der Waals surface area (Å²) in [6.07, 6.45) is 4.65. The van der Waals surface area contributed by atoms with E-state index in [-0.39, 0.29) is 5.76 Å². The first-order valence-corrected chi connectivity index (χ1v) is 10.1. The number of para-hydroxylation sites is 2. The van der Waals surface area contributed by atoms with Crippen molar-refractivity contribution in [2.45, 2.75) is 20.3 Å². The van der Waals surface area contributed by atoms with Crippen LogP contribution in [-0.4, -0.2) is 16.7 Å². The summed E-state index contributed by atoms with van der Waals surface area (Å²) in [6, 6.07) is 21.2. The van der Waals surface area contributed by atoms with Crippen LogP contribution < -0.4 is 14.6 Å². The summed E-state index contributed by atoms with van der Waals surface area (Å²) < 4.78 is 7.49. The van der Waals surface area contributed by atoms with Crippen molar-refractivity contribution in [1.29, 1.82) is 0 Å². The minimum Gasteiger partial charge on any atom is -0.502 e. The van der Waals surface area contributed by atoms with E-state index in [0.717, 1.165) is 12.1 Å². The van der Waals surface area contributed by atoms with Crippen molar-refractivity contribution in [2.24, 2.45) is 0 Å². The molecule has 0 unspecified atom stereocenters. The third-order valence-corrected chi connectivity index (χ3v) is 4.78. The van der Waals surface area contributed by atoms with E-state index in [9.17, 15) is 5.11 Å². The Kier molecular flexibility index (Phi) is 6.98. The van der Waals surface area contributed by atoms with Gasteiger partial charge in [0.25, 0.3) is 5.70 Å². The molecular weight excluding hydrogens is 380 g/mol. The standard InChI is InChI=1S/C24H24N2O2S/c1-3-18-12-14-19(15-13-18)23(27)22(26-16-8-5-9-17-26)24(29)25-20-10-6-7-11-21(20)28-4-2/h5-17H,3-4H2,1-2H3,(H-,25,27,29)/p+1. The molecule has 0 aliphatic heterocycles. The molecular formula is C24H25N2O2S+. The number of hydrogen-bond acceptors (Lipinski definition) is 3. The van der Waals surface area contributed by atoms with E-state index >= 15 is 0 Å². The van der Waals surface area contributed by atoms with Crippen LogP contribution in [0.5, 0.6) is 5.75 Å². The Morgan fingerprint density at radius 2 is 1.66 bits per heavy atom. The van der Waals surface area contributed by atoms with Gasteiger partial charge in [-0.2, -0.15) is 4.57 Å². The number of nitrogens with one attached hydrogen (secondary N) is 1. The number of hydrogen-bond donors (Lipinski definition) is 2. The van der Waals surface area contributed by atoms with Gasteiger partial charge >= 0.3 is 0 Å². The quantitative estimate of drug-likeness (QED) is 0.244. The van der Waals surface area contributed by atoms with Gasteiger partial charge in [-0.1, -0.05) is 61.6 Å². The average molecular weight is 406 g/mol. The van der Waals surface area contributed by atoms with E-state index in [1.807, 2.05) is 90.6 Å². The molecule has 148 valence electrons. The lowest BCUT2D eigenvalue weighted by Gasteiger charge is -2.13. The van der Waals surface area contributed by atoms with Crippen molar-refractivity contribution in [1.82, 2.24) is 0 Å². The van der Waals surface area contributed by atoms with Crippen LogP contribution in [0, 0.1) is 0 Å². The van der Waals surface area contributed by atoms with Crippen LogP contribution in [0.2, 0.25) is 0 Å². The van der Waals surface area contributed by atoms with Crippen molar-refractivity contribution in [3.05, 3.63) is 90.3 Å². The smallest absolute Gasteiger partial charge is 0.288 e. The van der Waals surface area contributed by atoms with Gasteiger partial charge in [-0.25, -0.2) is 0 Å². The van der Waals surface area contributed by atoms with E-state index in [0.29, 0.717) is 28.6 Å². The largest absolute Gasteiger partial charge is 0.502 e. The Balaban J connectivity index is 2.03. The van der Waals surface area contributed by atoms with E-state index in [4.69, 9.17) is 17.0 Å². The first-order chi connectivity index (χ1) is 14.1. The van der Waals surface area contributed by atoms with E-state index in [1.54, 1.807) is 0 Å². The average Bonchev–Trinajstić information content (AvgIpc) is 2.76. The van der Waals surface area contributed by atoms with Crippen molar-refractivity contribution < 1.29 is 14.4 Å². The van der Waals surface area contributed by atoms with Crippen LogP contribution in [0.15, 0.2) is 79.1 Å². The molecule has 3 aromatic rings. The van der Waals surface area contributed by atoms with Crippen molar-refractivity contribution in [2.75, 3.05) is 11.9 Å². The number of pyridine rings is 1. The van der Waals surface area contributed by atoms with Crippen LogP contribution in [0.3, 0.4) is 0 Å². The Hall–Kier alpha value is -3.18. The molecule has 0 atom stereocenters. The number of ether oxygens (including phenoxy) is 1. The summed E-state index contributed by atoms with van der Waals surface area (Å²) in [5.41, 5.74) is 3.16. The number of aliphatic hydroxyl groups is 1. The molecule has 2 aromatic carbocycles. The molecule has 5 heteroatoms. The maximum atomic E-state index is 11.1. The highest BCUT2D eigenvalue weighted by atomic mass is 32.1. The number of aromatic nitrogens is 1. The van der Waals surface area contributed by atoms with Gasteiger partial charge in [0, 0.05) is 17.7 Å². The molecule has 0 amide bonds. The van der Waals surface area contributed by atoms with E-state index in [2.05, 4.69) is 12.2 Å². The number of aliphatic hydroxyl groups excluding tert-OH is 1. The van der Waals surface area contributed by atoms with Crippen LogP contribution in [-0.2, 0) is 6.42 Å². The lowest BCUT2D eigenvalue weighted by atomic mass is 10.1. The predicted molar refractivity (Wildman–Crippen MR) is 122 cm³/mol. The molecule has 0 saturated heterocycles. The van der Waals surface area contributed by atoms with Crippen LogP contribution in [0.25, 0.3) is 11.5 Å². The first-order valence-electron chi connectivity index (χ1n) is 9.66. The third-order valence-electron chi connectivity index (χ3n) is 4.48. The van der Waals surface area contributed by atoms with Gasteiger partial charge < -0.3 is 15.2 Å². The zero-order valence-corrected chi connectivity index (χ0v) is 17.4. The van der Waals surface area contributed by atoms with Gasteiger partial charge in [-0.3, -0.25) is 0 Å². The van der Waals surface area contributed by atoms with Crippen molar-refractivity contribution in [3.8, 4) is 5.75 Å². The highest BCUT2D eigenvalue weighted by Crippen LogP contribution is 2.26. The predicted octanol–water partition coefficient (Wildman–Crippen LogP) is 5.26. The molecule has 0 radical (unpaired) electrons. The second-order valence-electron chi connectivity index (χ2n) is 6.41. The number of aryl methyl sites for hydroxylation is 1. The molecule has 0 saturated carbocycles. The van der Waals surface area contributed by atoms with Gasteiger partial charge in [0.1, 0.15) is 5.75 Å². The maximum Gasteiger partial charge on any atom is 0.288 e. The monoisotopic (exact) mass is 405 g/mol. The van der Waals surface area contributed by atoms with Crippen LogP contribution in [0.1, 0.15) is 25.0 Å². The number of benzene rings is 2. The molecule has 0 fully saturated rings. The van der Waals surface area contributed by atoms with Gasteiger partial charge in [-0.05, 0) is 31.0 Å². The number of rotatable bonds is 7. The minimum atomic E-state index is 0.107.